The average Bonchev–Trinajstić information content (AvgIpc) is 2.75. The van der Waals surface area contributed by atoms with Gasteiger partial charge in [-0.25, -0.2) is 4.39 Å². The van der Waals surface area contributed by atoms with Gasteiger partial charge in [0.25, 0.3) is 5.91 Å². The number of amides is 1. The zero-order valence-electron chi connectivity index (χ0n) is 17.2. The number of aromatic nitrogens is 1. The Bertz CT molecular complexity index is 1030. The van der Waals surface area contributed by atoms with E-state index in [1.807, 2.05) is 48.2 Å². The van der Waals surface area contributed by atoms with E-state index in [-0.39, 0.29) is 11.7 Å². The second-order valence-corrected chi connectivity index (χ2v) is 7.71. The Kier molecular flexibility index (Phi) is 5.77. The minimum atomic E-state index is -0.300. The number of quaternary nitrogens is 1. The van der Waals surface area contributed by atoms with E-state index in [4.69, 9.17) is 4.74 Å². The topological polar surface area (TPSA) is 46.9 Å². The molecule has 1 aromatic heterocycles. The van der Waals surface area contributed by atoms with Crippen LogP contribution in [0.3, 0.4) is 0 Å². The van der Waals surface area contributed by atoms with Crippen molar-refractivity contribution in [3.05, 3.63) is 77.7 Å². The van der Waals surface area contributed by atoms with E-state index >= 15 is 0 Å². The van der Waals surface area contributed by atoms with E-state index in [1.54, 1.807) is 12.1 Å². The summed E-state index contributed by atoms with van der Waals surface area (Å²) in [6.07, 6.45) is 0. The molecule has 1 N–H and O–H groups in total. The number of rotatable bonds is 4. The van der Waals surface area contributed by atoms with E-state index in [1.165, 1.54) is 17.0 Å². The Balaban J connectivity index is 1.52. The Morgan fingerprint density at radius 2 is 1.60 bits per heavy atom. The molecular weight excluding hydrogens is 381 g/mol. The van der Waals surface area contributed by atoms with Gasteiger partial charge >= 0.3 is 0 Å². The molecule has 0 saturated carbocycles. The van der Waals surface area contributed by atoms with Crippen LogP contribution in [0.1, 0.15) is 16.1 Å². The van der Waals surface area contributed by atoms with Crippen LogP contribution in [0, 0.1) is 12.7 Å². The fourth-order valence-electron chi connectivity index (χ4n) is 3.55. The van der Waals surface area contributed by atoms with Gasteiger partial charge in [0.1, 0.15) is 17.3 Å². The van der Waals surface area contributed by atoms with Crippen molar-refractivity contribution in [1.29, 1.82) is 0 Å². The second kappa shape index (κ2) is 8.63. The zero-order chi connectivity index (χ0) is 21.1. The van der Waals surface area contributed by atoms with Crippen molar-refractivity contribution in [3.63, 3.8) is 0 Å². The summed E-state index contributed by atoms with van der Waals surface area (Å²) in [5.74, 6) is 0.978. The van der Waals surface area contributed by atoms with Crippen molar-refractivity contribution in [1.82, 2.24) is 9.88 Å². The molecule has 0 atom stereocenters. The van der Waals surface area contributed by atoms with Crippen molar-refractivity contribution < 1.29 is 18.8 Å². The van der Waals surface area contributed by atoms with Crippen molar-refractivity contribution in [3.8, 4) is 22.8 Å². The highest BCUT2D eigenvalue weighted by Gasteiger charge is 2.23. The second-order valence-electron chi connectivity index (χ2n) is 7.71. The molecule has 0 aliphatic carbocycles. The van der Waals surface area contributed by atoms with Gasteiger partial charge in [-0.2, -0.15) is 0 Å². The molecule has 154 valence electrons. The predicted octanol–water partition coefficient (Wildman–Crippen LogP) is 2.96. The van der Waals surface area contributed by atoms with Crippen LogP contribution in [-0.2, 0) is 0 Å². The van der Waals surface area contributed by atoms with Crippen LogP contribution in [-0.4, -0.2) is 49.0 Å². The standard InChI is InChI=1S/C24H24FN3O2/c1-17-15-19(24(29)28-13-11-27(2)12-14-28)16-23(26-17)18-3-7-21(8-4-18)30-22-9-5-20(25)6-10-22/h3-10,15-16H,11-14H2,1-2H3/p+1. The van der Waals surface area contributed by atoms with Crippen LogP contribution in [0.5, 0.6) is 11.5 Å². The third-order valence-electron chi connectivity index (χ3n) is 5.30. The van der Waals surface area contributed by atoms with E-state index in [0.29, 0.717) is 17.1 Å². The lowest BCUT2D eigenvalue weighted by atomic mass is 10.1. The summed E-state index contributed by atoms with van der Waals surface area (Å²) in [6, 6.07) is 17.1. The summed E-state index contributed by atoms with van der Waals surface area (Å²) in [5, 5.41) is 0. The molecule has 1 saturated heterocycles. The minimum absolute atomic E-state index is 0.0607. The molecule has 4 rings (SSSR count). The van der Waals surface area contributed by atoms with Crippen LogP contribution in [0.4, 0.5) is 4.39 Å². The molecule has 1 aliphatic rings. The van der Waals surface area contributed by atoms with Crippen LogP contribution in [0.15, 0.2) is 60.7 Å². The number of pyridine rings is 1. The first-order chi connectivity index (χ1) is 14.5. The predicted molar refractivity (Wildman–Crippen MR) is 113 cm³/mol. The molecule has 1 aliphatic heterocycles. The lowest BCUT2D eigenvalue weighted by Crippen LogP contribution is -3.12. The molecule has 5 nitrogen and oxygen atoms in total. The molecule has 1 amide bonds. The lowest BCUT2D eigenvalue weighted by molar-refractivity contribution is -0.883. The smallest absolute Gasteiger partial charge is 0.254 e. The summed E-state index contributed by atoms with van der Waals surface area (Å²) in [7, 11) is 2.15. The molecule has 1 fully saturated rings. The first-order valence-electron chi connectivity index (χ1n) is 10.1. The van der Waals surface area contributed by atoms with Crippen molar-refractivity contribution in [2.75, 3.05) is 33.2 Å². The fourth-order valence-corrected chi connectivity index (χ4v) is 3.55. The van der Waals surface area contributed by atoms with Gasteiger partial charge in [0.05, 0.1) is 38.9 Å². The molecular formula is C24H25FN3O2+. The summed E-state index contributed by atoms with van der Waals surface area (Å²) < 4.78 is 18.8. The van der Waals surface area contributed by atoms with Gasteiger partial charge in [-0.05, 0) is 67.6 Å². The number of nitrogens with one attached hydrogen (secondary N) is 1. The number of aryl methyl sites for hydroxylation is 1. The van der Waals surface area contributed by atoms with Crippen molar-refractivity contribution in [2.45, 2.75) is 6.92 Å². The Labute approximate surface area is 175 Å². The van der Waals surface area contributed by atoms with E-state index in [9.17, 15) is 9.18 Å². The molecule has 3 aromatic rings. The summed E-state index contributed by atoms with van der Waals surface area (Å²) in [4.78, 5) is 20.9. The summed E-state index contributed by atoms with van der Waals surface area (Å²) in [6.45, 7) is 5.39. The number of hydrogen-bond acceptors (Lipinski definition) is 3. The van der Waals surface area contributed by atoms with Gasteiger partial charge in [-0.15, -0.1) is 0 Å². The number of likely N-dealkylation sites (N-methyl/N-ethyl adjacent to an activating group) is 1. The van der Waals surface area contributed by atoms with Gasteiger partial charge in [-0.3, -0.25) is 9.78 Å². The number of nitrogens with zero attached hydrogens (tertiary/aromatic N) is 2. The highest BCUT2D eigenvalue weighted by atomic mass is 19.1. The average molecular weight is 406 g/mol. The van der Waals surface area contributed by atoms with Gasteiger partial charge in [0.2, 0.25) is 0 Å². The number of carbonyl (C=O) groups is 1. The van der Waals surface area contributed by atoms with Crippen molar-refractivity contribution >= 4 is 5.91 Å². The number of halogens is 1. The number of ether oxygens (including phenoxy) is 1. The Morgan fingerprint density at radius 3 is 2.23 bits per heavy atom. The fraction of sp³-hybridized carbons (Fsp3) is 0.250. The van der Waals surface area contributed by atoms with Crippen molar-refractivity contribution in [2.24, 2.45) is 0 Å². The van der Waals surface area contributed by atoms with Gasteiger partial charge in [0, 0.05) is 16.8 Å². The number of piperazine rings is 1. The third-order valence-corrected chi connectivity index (χ3v) is 5.30. The molecule has 0 spiro atoms. The van der Waals surface area contributed by atoms with Crippen LogP contribution in [0.25, 0.3) is 11.3 Å². The summed E-state index contributed by atoms with van der Waals surface area (Å²) in [5.41, 5.74) is 3.14. The highest BCUT2D eigenvalue weighted by Crippen LogP contribution is 2.26. The van der Waals surface area contributed by atoms with Crippen LogP contribution >= 0.6 is 0 Å². The SMILES string of the molecule is Cc1cc(C(=O)N2CC[NH+](C)CC2)cc(-c2ccc(Oc3ccc(F)cc3)cc2)n1. The maximum Gasteiger partial charge on any atom is 0.254 e. The van der Waals surface area contributed by atoms with E-state index < -0.39 is 0 Å². The maximum atomic E-state index is 13.0. The van der Waals surface area contributed by atoms with Gasteiger partial charge in [0.15, 0.2) is 0 Å². The summed E-state index contributed by atoms with van der Waals surface area (Å²) >= 11 is 0. The monoisotopic (exact) mass is 406 g/mol. The number of hydrogen-bond donors (Lipinski definition) is 1. The zero-order valence-corrected chi connectivity index (χ0v) is 17.2. The normalized spacial score (nSPS) is 14.6. The molecule has 2 aromatic carbocycles. The third kappa shape index (κ3) is 4.66. The first kappa shape index (κ1) is 20.0. The molecule has 6 heteroatoms. The lowest BCUT2D eigenvalue weighted by Gasteiger charge is -2.30. The molecule has 2 heterocycles. The highest BCUT2D eigenvalue weighted by molar-refractivity contribution is 5.95. The molecule has 30 heavy (non-hydrogen) atoms. The molecule has 0 radical (unpaired) electrons. The molecule has 0 unspecified atom stereocenters. The minimum Gasteiger partial charge on any atom is -0.457 e. The van der Waals surface area contributed by atoms with Crippen LogP contribution in [0.2, 0.25) is 0 Å². The molecule has 0 bridgehead atoms. The van der Waals surface area contributed by atoms with E-state index in [0.717, 1.165) is 43.1 Å². The first-order valence-corrected chi connectivity index (χ1v) is 10.1. The number of benzene rings is 2. The van der Waals surface area contributed by atoms with Crippen LogP contribution < -0.4 is 9.64 Å². The number of carbonyl (C=O) groups excluding carboxylic acids is 1. The van der Waals surface area contributed by atoms with Gasteiger partial charge in [-0.1, -0.05) is 0 Å². The maximum absolute atomic E-state index is 13.0. The Morgan fingerprint density at radius 1 is 1.00 bits per heavy atom. The van der Waals surface area contributed by atoms with Gasteiger partial charge < -0.3 is 14.5 Å². The van der Waals surface area contributed by atoms with E-state index in [2.05, 4.69) is 12.0 Å². The Hall–Kier alpha value is -3.25. The quantitative estimate of drug-likeness (QED) is 0.725. The largest absolute Gasteiger partial charge is 0.457 e.